The van der Waals surface area contributed by atoms with E-state index < -0.39 is 10.0 Å². The second kappa shape index (κ2) is 8.20. The molecule has 0 aromatic heterocycles. The van der Waals surface area contributed by atoms with Gasteiger partial charge in [-0.2, -0.15) is 0 Å². The number of hydrogen-bond acceptors (Lipinski definition) is 3. The van der Waals surface area contributed by atoms with Gasteiger partial charge in [0.2, 0.25) is 10.0 Å². The predicted octanol–water partition coefficient (Wildman–Crippen LogP) is 3.42. The van der Waals surface area contributed by atoms with Crippen molar-refractivity contribution in [2.45, 2.75) is 24.8 Å². The van der Waals surface area contributed by atoms with Gasteiger partial charge in [0.1, 0.15) is 0 Å². The third kappa shape index (κ3) is 4.44. The summed E-state index contributed by atoms with van der Waals surface area (Å²) in [6.45, 7) is 2.49. The van der Waals surface area contributed by atoms with Crippen LogP contribution in [0.25, 0.3) is 0 Å². The summed E-state index contributed by atoms with van der Waals surface area (Å²) in [5, 5.41) is 0.223. The van der Waals surface area contributed by atoms with Gasteiger partial charge in [0.15, 0.2) is 0 Å². The van der Waals surface area contributed by atoms with E-state index in [1.165, 1.54) is 42.8 Å². The summed E-state index contributed by atoms with van der Waals surface area (Å²) in [6.07, 6.45) is 0.956. The number of benzene rings is 2. The van der Waals surface area contributed by atoms with Crippen molar-refractivity contribution < 1.29 is 13.2 Å². The summed E-state index contributed by atoms with van der Waals surface area (Å²) in [5.74, 6) is -0.328. The van der Waals surface area contributed by atoms with Gasteiger partial charge in [-0.05, 0) is 35.7 Å². The van der Waals surface area contributed by atoms with Crippen molar-refractivity contribution in [3.05, 3.63) is 64.2 Å². The zero-order valence-corrected chi connectivity index (χ0v) is 16.9. The number of nitrogens with zero attached hydrogens (tertiary/aromatic N) is 2. The molecule has 0 heterocycles. The predicted molar refractivity (Wildman–Crippen MR) is 104 cm³/mol. The third-order valence-electron chi connectivity index (χ3n) is 4.14. The zero-order chi connectivity index (χ0) is 19.5. The second-order valence-electron chi connectivity index (χ2n) is 6.26. The molecule has 2 aromatic rings. The second-order valence-corrected chi connectivity index (χ2v) is 8.82. The first-order chi connectivity index (χ1) is 12.2. The highest BCUT2D eigenvalue weighted by atomic mass is 35.5. The Labute approximate surface area is 160 Å². The van der Waals surface area contributed by atoms with Crippen molar-refractivity contribution in [1.82, 2.24) is 9.21 Å². The van der Waals surface area contributed by atoms with Crippen LogP contribution in [0.3, 0.4) is 0 Å². The quantitative estimate of drug-likeness (QED) is 0.754. The number of sulfonamides is 1. The van der Waals surface area contributed by atoms with Gasteiger partial charge in [0, 0.05) is 27.7 Å². The van der Waals surface area contributed by atoms with Crippen molar-refractivity contribution >= 4 is 27.5 Å². The van der Waals surface area contributed by atoms with E-state index in [0.29, 0.717) is 6.54 Å². The molecule has 7 heteroatoms. The summed E-state index contributed by atoms with van der Waals surface area (Å²) in [6, 6.07) is 12.2. The molecule has 0 unspecified atom stereocenters. The molecule has 0 saturated carbocycles. The van der Waals surface area contributed by atoms with Gasteiger partial charge in [-0.1, -0.05) is 42.8 Å². The molecule has 0 atom stereocenters. The number of halogens is 1. The van der Waals surface area contributed by atoms with Crippen LogP contribution in [0.1, 0.15) is 28.4 Å². The molecule has 0 N–H and O–H groups in total. The molecule has 1 amide bonds. The molecule has 0 aliphatic carbocycles. The highest BCUT2D eigenvalue weighted by Crippen LogP contribution is 2.23. The molecular formula is C19H23ClN2O3S. The molecule has 5 nitrogen and oxygen atoms in total. The van der Waals surface area contributed by atoms with Crippen LogP contribution >= 0.6 is 11.6 Å². The average molecular weight is 395 g/mol. The minimum atomic E-state index is -3.64. The molecule has 2 aromatic carbocycles. The largest absolute Gasteiger partial charge is 0.337 e. The lowest BCUT2D eigenvalue weighted by molar-refractivity contribution is 0.0785. The maximum absolute atomic E-state index is 12.8. The van der Waals surface area contributed by atoms with Gasteiger partial charge in [-0.15, -0.1) is 0 Å². The molecule has 26 heavy (non-hydrogen) atoms. The van der Waals surface area contributed by atoms with Crippen molar-refractivity contribution in [2.75, 3.05) is 21.1 Å². The smallest absolute Gasteiger partial charge is 0.255 e. The minimum Gasteiger partial charge on any atom is -0.337 e. The fourth-order valence-corrected chi connectivity index (χ4v) is 3.60. The fourth-order valence-electron chi connectivity index (χ4n) is 2.47. The van der Waals surface area contributed by atoms with E-state index in [1.807, 2.05) is 24.3 Å². The molecule has 0 fully saturated rings. The lowest BCUT2D eigenvalue weighted by atomic mass is 10.1. The Bertz CT molecular complexity index is 894. The highest BCUT2D eigenvalue weighted by Gasteiger charge is 2.22. The average Bonchev–Trinajstić information content (AvgIpc) is 2.61. The summed E-state index contributed by atoms with van der Waals surface area (Å²) >= 11 is 6.15. The summed E-state index contributed by atoms with van der Waals surface area (Å²) in [5.41, 5.74) is 2.39. The van der Waals surface area contributed by atoms with Gasteiger partial charge in [0.25, 0.3) is 5.91 Å². The van der Waals surface area contributed by atoms with E-state index in [0.717, 1.165) is 16.3 Å². The van der Waals surface area contributed by atoms with E-state index in [-0.39, 0.29) is 21.4 Å². The SMILES string of the molecule is CCc1ccc(CN(C)C(=O)c2cc(S(=O)(=O)N(C)C)ccc2Cl)cc1. The van der Waals surface area contributed by atoms with E-state index >= 15 is 0 Å². The lowest BCUT2D eigenvalue weighted by Crippen LogP contribution is -2.27. The Morgan fingerprint density at radius 2 is 1.58 bits per heavy atom. The molecular weight excluding hydrogens is 372 g/mol. The van der Waals surface area contributed by atoms with Crippen LogP contribution in [0.2, 0.25) is 5.02 Å². The normalized spacial score (nSPS) is 11.6. The summed E-state index contributed by atoms with van der Waals surface area (Å²) < 4.78 is 25.7. The number of rotatable bonds is 6. The Hall–Kier alpha value is -1.89. The van der Waals surface area contributed by atoms with Gasteiger partial charge < -0.3 is 4.90 Å². The molecule has 0 radical (unpaired) electrons. The standard InChI is InChI=1S/C19H23ClN2O3S/c1-5-14-6-8-15(9-7-14)13-22(4)19(23)17-12-16(10-11-18(17)20)26(24,25)21(2)3/h6-12H,5,13H2,1-4H3. The molecule has 0 aliphatic rings. The molecule has 0 spiro atoms. The first-order valence-electron chi connectivity index (χ1n) is 8.22. The van der Waals surface area contributed by atoms with Crippen LogP contribution in [0.5, 0.6) is 0 Å². The summed E-state index contributed by atoms with van der Waals surface area (Å²) in [4.78, 5) is 14.3. The van der Waals surface area contributed by atoms with Crippen molar-refractivity contribution in [2.24, 2.45) is 0 Å². The first-order valence-corrected chi connectivity index (χ1v) is 10.0. The molecule has 140 valence electrons. The number of aryl methyl sites for hydroxylation is 1. The lowest BCUT2D eigenvalue weighted by Gasteiger charge is -2.19. The highest BCUT2D eigenvalue weighted by molar-refractivity contribution is 7.89. The van der Waals surface area contributed by atoms with Crippen LogP contribution in [0.15, 0.2) is 47.4 Å². The number of carbonyl (C=O) groups excluding carboxylic acids is 1. The van der Waals surface area contributed by atoms with Crippen LogP contribution < -0.4 is 0 Å². The first kappa shape index (κ1) is 20.4. The van der Waals surface area contributed by atoms with Gasteiger partial charge in [-0.3, -0.25) is 4.79 Å². The molecule has 0 aliphatic heterocycles. The number of carbonyl (C=O) groups is 1. The molecule has 2 rings (SSSR count). The van der Waals surface area contributed by atoms with Crippen LogP contribution in [-0.4, -0.2) is 44.7 Å². The van der Waals surface area contributed by atoms with E-state index in [9.17, 15) is 13.2 Å². The van der Waals surface area contributed by atoms with E-state index in [4.69, 9.17) is 11.6 Å². The van der Waals surface area contributed by atoms with Crippen molar-refractivity contribution in [3.63, 3.8) is 0 Å². The van der Waals surface area contributed by atoms with Crippen LogP contribution in [0.4, 0.5) is 0 Å². The Morgan fingerprint density at radius 1 is 1.00 bits per heavy atom. The third-order valence-corrected chi connectivity index (χ3v) is 6.29. The van der Waals surface area contributed by atoms with Gasteiger partial charge >= 0.3 is 0 Å². The number of hydrogen-bond donors (Lipinski definition) is 0. The van der Waals surface area contributed by atoms with Crippen molar-refractivity contribution in [3.8, 4) is 0 Å². The molecule has 0 saturated heterocycles. The Balaban J connectivity index is 2.27. The topological polar surface area (TPSA) is 57.7 Å². The Morgan fingerprint density at radius 3 is 2.12 bits per heavy atom. The monoisotopic (exact) mass is 394 g/mol. The maximum Gasteiger partial charge on any atom is 0.255 e. The van der Waals surface area contributed by atoms with Crippen LogP contribution in [0, 0.1) is 0 Å². The Kier molecular flexibility index (Phi) is 6.44. The van der Waals surface area contributed by atoms with E-state index in [2.05, 4.69) is 6.92 Å². The van der Waals surface area contributed by atoms with Gasteiger partial charge in [0.05, 0.1) is 15.5 Å². The fraction of sp³-hybridized carbons (Fsp3) is 0.316. The van der Waals surface area contributed by atoms with Crippen molar-refractivity contribution in [1.29, 1.82) is 0 Å². The van der Waals surface area contributed by atoms with E-state index in [1.54, 1.807) is 7.05 Å². The molecule has 0 bridgehead atoms. The number of amides is 1. The minimum absolute atomic E-state index is 0.0379. The van der Waals surface area contributed by atoms with Crippen LogP contribution in [-0.2, 0) is 23.0 Å². The van der Waals surface area contributed by atoms with Gasteiger partial charge in [-0.25, -0.2) is 12.7 Å². The summed E-state index contributed by atoms with van der Waals surface area (Å²) in [7, 11) is 0.912. The zero-order valence-electron chi connectivity index (χ0n) is 15.4. The maximum atomic E-state index is 12.8.